The van der Waals surface area contributed by atoms with Gasteiger partial charge in [-0.05, 0) is 6.07 Å². The molecule has 0 fully saturated rings. The molecule has 0 saturated carbocycles. The molecular weight excluding hydrogens is 122 g/mol. The lowest BCUT2D eigenvalue weighted by Gasteiger charge is -1.92. The van der Waals surface area contributed by atoms with Crippen LogP contribution < -0.4 is 4.89 Å². The Morgan fingerprint density at radius 3 is 3.11 bits per heavy atom. The van der Waals surface area contributed by atoms with Gasteiger partial charge in [0.25, 0.3) is 0 Å². The number of aromatic amines is 1. The van der Waals surface area contributed by atoms with Gasteiger partial charge < -0.3 is 4.98 Å². The van der Waals surface area contributed by atoms with Crippen LogP contribution in [0.1, 0.15) is 0 Å². The summed E-state index contributed by atoms with van der Waals surface area (Å²) < 4.78 is 0. The van der Waals surface area contributed by atoms with Gasteiger partial charge >= 0.3 is 6.47 Å². The molecule has 1 heterocycles. The van der Waals surface area contributed by atoms with E-state index in [0.717, 1.165) is 0 Å². The van der Waals surface area contributed by atoms with Crippen LogP contribution in [0, 0.1) is 0 Å². The van der Waals surface area contributed by atoms with Crippen LogP contribution in [0.4, 0.5) is 0 Å². The average Bonchev–Trinajstić information content (AvgIpc) is 2.34. The van der Waals surface area contributed by atoms with Crippen LogP contribution >= 0.6 is 0 Å². The molecule has 0 saturated heterocycles. The highest BCUT2D eigenvalue weighted by molar-refractivity contribution is 5.36. The molecule has 4 heteroatoms. The Balaban J connectivity index is 2.38. The number of rotatable bonds is 3. The van der Waals surface area contributed by atoms with Crippen molar-refractivity contribution in [3.05, 3.63) is 18.3 Å². The summed E-state index contributed by atoms with van der Waals surface area (Å²) in [5.74, 6) is 0.405. The van der Waals surface area contributed by atoms with E-state index in [2.05, 4.69) is 14.8 Å². The lowest BCUT2D eigenvalue weighted by molar-refractivity contribution is -0.198. The van der Waals surface area contributed by atoms with Crippen LogP contribution in [0.2, 0.25) is 0 Å². The number of nitrogens with one attached hydrogen (secondary N) is 1. The molecule has 0 spiro atoms. The summed E-state index contributed by atoms with van der Waals surface area (Å²) in [4.78, 5) is 20.5. The fraction of sp³-hybridized carbons (Fsp3) is 0. The van der Waals surface area contributed by atoms with Gasteiger partial charge in [-0.15, -0.1) is 0 Å². The van der Waals surface area contributed by atoms with E-state index in [9.17, 15) is 4.79 Å². The van der Waals surface area contributed by atoms with E-state index in [-0.39, 0.29) is 6.47 Å². The van der Waals surface area contributed by atoms with Gasteiger partial charge in [0.05, 0.1) is 0 Å². The van der Waals surface area contributed by atoms with E-state index >= 15 is 0 Å². The second-order valence-corrected chi connectivity index (χ2v) is 1.31. The third kappa shape index (κ3) is 1.49. The van der Waals surface area contributed by atoms with Crippen molar-refractivity contribution in [3.8, 4) is 5.88 Å². The van der Waals surface area contributed by atoms with E-state index in [1.54, 1.807) is 18.3 Å². The van der Waals surface area contributed by atoms with Crippen LogP contribution in [0.5, 0.6) is 5.88 Å². The Kier molecular flexibility index (Phi) is 1.74. The van der Waals surface area contributed by atoms with Gasteiger partial charge in [-0.3, -0.25) is 14.6 Å². The van der Waals surface area contributed by atoms with Crippen LogP contribution in [-0.2, 0) is 9.68 Å². The van der Waals surface area contributed by atoms with Crippen molar-refractivity contribution < 1.29 is 14.6 Å². The number of carbonyl (C=O) groups excluding carboxylic acids is 1. The molecule has 0 radical (unpaired) electrons. The van der Waals surface area contributed by atoms with E-state index < -0.39 is 0 Å². The molecule has 0 aliphatic carbocycles. The first-order chi connectivity index (χ1) is 4.43. The summed E-state index contributed by atoms with van der Waals surface area (Å²) >= 11 is 0. The number of H-pyrrole nitrogens is 1. The maximum Gasteiger partial charge on any atom is 0.343 e. The van der Waals surface area contributed by atoms with Gasteiger partial charge in [-0.1, -0.05) is 0 Å². The predicted molar refractivity (Wildman–Crippen MR) is 28.6 cm³/mol. The zero-order valence-electron chi connectivity index (χ0n) is 4.53. The van der Waals surface area contributed by atoms with E-state index in [0.29, 0.717) is 5.88 Å². The summed E-state index contributed by atoms with van der Waals surface area (Å²) in [5, 5.41) is 0. The van der Waals surface area contributed by atoms with Crippen LogP contribution in [0.15, 0.2) is 18.3 Å². The molecule has 4 nitrogen and oxygen atoms in total. The monoisotopic (exact) mass is 127 g/mol. The zero-order valence-corrected chi connectivity index (χ0v) is 4.53. The first-order valence-electron chi connectivity index (χ1n) is 2.34. The standard InChI is InChI=1S/C5H5NO3/c7-4-8-9-5-2-1-3-6-5/h1-4,6H. The second-order valence-electron chi connectivity index (χ2n) is 1.31. The first-order valence-corrected chi connectivity index (χ1v) is 2.34. The maximum atomic E-state index is 9.54. The Morgan fingerprint density at radius 1 is 1.67 bits per heavy atom. The van der Waals surface area contributed by atoms with Crippen molar-refractivity contribution in [1.29, 1.82) is 0 Å². The third-order valence-corrected chi connectivity index (χ3v) is 0.747. The fourth-order valence-electron chi connectivity index (χ4n) is 0.437. The summed E-state index contributed by atoms with van der Waals surface area (Å²) in [5.41, 5.74) is 0. The van der Waals surface area contributed by atoms with E-state index in [1.165, 1.54) is 0 Å². The fourth-order valence-corrected chi connectivity index (χ4v) is 0.437. The number of aromatic nitrogens is 1. The highest BCUT2D eigenvalue weighted by Gasteiger charge is 1.89. The SMILES string of the molecule is O=COOc1ccc[nH]1. The molecule has 9 heavy (non-hydrogen) atoms. The first kappa shape index (κ1) is 5.68. The van der Waals surface area contributed by atoms with Gasteiger partial charge in [0, 0.05) is 12.3 Å². The van der Waals surface area contributed by atoms with Crippen molar-refractivity contribution in [1.82, 2.24) is 4.98 Å². The van der Waals surface area contributed by atoms with Crippen LogP contribution in [0.25, 0.3) is 0 Å². The molecule has 0 amide bonds. The average molecular weight is 127 g/mol. The van der Waals surface area contributed by atoms with Crippen LogP contribution in [-0.4, -0.2) is 11.5 Å². The van der Waals surface area contributed by atoms with Crippen molar-refractivity contribution in [3.63, 3.8) is 0 Å². The van der Waals surface area contributed by atoms with Gasteiger partial charge in [0.1, 0.15) is 0 Å². The van der Waals surface area contributed by atoms with Gasteiger partial charge in [-0.25, -0.2) is 0 Å². The third-order valence-electron chi connectivity index (χ3n) is 0.747. The molecule has 1 aromatic heterocycles. The van der Waals surface area contributed by atoms with Crippen molar-refractivity contribution >= 4 is 6.47 Å². The Morgan fingerprint density at radius 2 is 2.56 bits per heavy atom. The Labute approximate surface area is 51.3 Å². The molecule has 0 aromatic carbocycles. The zero-order chi connectivity index (χ0) is 6.53. The minimum Gasteiger partial charge on any atom is -0.329 e. The normalized spacial score (nSPS) is 8.44. The second kappa shape index (κ2) is 2.76. The Hall–Kier alpha value is -1.45. The van der Waals surface area contributed by atoms with Gasteiger partial charge in [0.2, 0.25) is 5.88 Å². The predicted octanol–water partition coefficient (Wildman–Crippen LogP) is 0.481. The molecular formula is C5H5NO3. The molecule has 0 bridgehead atoms. The number of hydrogen-bond donors (Lipinski definition) is 1. The quantitative estimate of drug-likeness (QED) is 0.365. The van der Waals surface area contributed by atoms with Crippen molar-refractivity contribution in [2.45, 2.75) is 0 Å². The highest BCUT2D eigenvalue weighted by Crippen LogP contribution is 2.03. The minimum absolute atomic E-state index is 0.209. The van der Waals surface area contributed by atoms with Crippen molar-refractivity contribution in [2.75, 3.05) is 0 Å². The Bertz CT molecular complexity index is 170. The summed E-state index contributed by atoms with van der Waals surface area (Å²) in [6.07, 6.45) is 1.66. The lowest BCUT2D eigenvalue weighted by Crippen LogP contribution is -1.92. The van der Waals surface area contributed by atoms with Crippen molar-refractivity contribution in [2.24, 2.45) is 0 Å². The van der Waals surface area contributed by atoms with Crippen LogP contribution in [0.3, 0.4) is 0 Å². The maximum absolute atomic E-state index is 9.54. The largest absolute Gasteiger partial charge is 0.343 e. The van der Waals surface area contributed by atoms with E-state index in [1.807, 2.05) is 0 Å². The molecule has 0 unspecified atom stereocenters. The summed E-state index contributed by atoms with van der Waals surface area (Å²) in [6, 6.07) is 3.35. The number of hydrogen-bond acceptors (Lipinski definition) is 3. The molecule has 1 N–H and O–H groups in total. The molecule has 0 aliphatic rings. The number of carbonyl (C=O) groups is 1. The molecule has 0 atom stereocenters. The summed E-state index contributed by atoms with van der Waals surface area (Å²) in [6.45, 7) is 0.209. The lowest BCUT2D eigenvalue weighted by atomic mass is 10.7. The topological polar surface area (TPSA) is 51.3 Å². The molecule has 48 valence electrons. The molecule has 1 rings (SSSR count). The highest BCUT2D eigenvalue weighted by atomic mass is 17.2. The smallest absolute Gasteiger partial charge is 0.329 e. The van der Waals surface area contributed by atoms with Gasteiger partial charge in [0.15, 0.2) is 0 Å². The molecule has 0 aliphatic heterocycles. The molecule has 1 aromatic rings. The summed E-state index contributed by atoms with van der Waals surface area (Å²) in [7, 11) is 0. The van der Waals surface area contributed by atoms with Gasteiger partial charge in [-0.2, -0.15) is 0 Å². The minimum atomic E-state index is 0.209. The van der Waals surface area contributed by atoms with E-state index in [4.69, 9.17) is 0 Å².